The number of aromatic nitrogens is 3. The molecule has 29 heteroatoms. The molecule has 28 nitrogen and oxygen atoms in total. The summed E-state index contributed by atoms with van der Waals surface area (Å²) in [5, 5.41) is 41.7. The Balaban J connectivity index is 0.568. The lowest BCUT2D eigenvalue weighted by molar-refractivity contribution is -0.132. The molecule has 1 aliphatic carbocycles. The highest BCUT2D eigenvalue weighted by atomic mass is 32.1. The van der Waals surface area contributed by atoms with Gasteiger partial charge in [0.1, 0.15) is 24.4 Å². The number of carbonyl (C=O) groups is 9. The van der Waals surface area contributed by atoms with Crippen LogP contribution in [0.25, 0.3) is 28.1 Å². The number of benzene rings is 5. The third kappa shape index (κ3) is 15.4. The fourth-order valence-corrected chi connectivity index (χ4v) is 14.8. The lowest BCUT2D eigenvalue weighted by atomic mass is 9.95. The Morgan fingerprint density at radius 2 is 1.43 bits per heavy atom. The Morgan fingerprint density at radius 3 is 2.14 bits per heavy atom. The van der Waals surface area contributed by atoms with Crippen LogP contribution in [0, 0.1) is 11.3 Å². The number of hydrogen-bond donors (Lipinski definition) is 7. The number of thiophene rings is 1. The summed E-state index contributed by atoms with van der Waals surface area (Å²) in [6.07, 6.45) is 2.45. The first-order chi connectivity index (χ1) is 51.1. The lowest BCUT2D eigenvalue weighted by Crippen LogP contribution is -2.55. The molecule has 1 saturated carbocycles. The number of hydrogen-bond acceptors (Lipinski definition) is 19. The zero-order valence-corrected chi connectivity index (χ0v) is 60.7. The van der Waals surface area contributed by atoms with Crippen molar-refractivity contribution in [1.29, 1.82) is 0 Å². The van der Waals surface area contributed by atoms with Crippen molar-refractivity contribution < 1.29 is 71.9 Å². The number of anilines is 4. The molecule has 0 radical (unpaired) electrons. The number of fused-ring (bicyclic) bond motifs is 9. The number of amides is 9. The summed E-state index contributed by atoms with van der Waals surface area (Å²) in [6.45, 7) is 9.08. The average Bonchev–Trinajstić information content (AvgIpc) is 1.74. The number of nitrogens with zero attached hydrogens (tertiary/aromatic N) is 7. The maximum atomic E-state index is 14.5. The number of ether oxygens (including phenoxy) is 5. The van der Waals surface area contributed by atoms with E-state index in [9.17, 15) is 48.3 Å². The van der Waals surface area contributed by atoms with Crippen LogP contribution in [0.15, 0.2) is 120 Å². The van der Waals surface area contributed by atoms with Crippen LogP contribution in [0.5, 0.6) is 23.0 Å². The van der Waals surface area contributed by atoms with Crippen LogP contribution < -0.4 is 60.6 Å². The minimum absolute atomic E-state index is 0.0198. The molecule has 5 atom stereocenters. The van der Waals surface area contributed by atoms with Gasteiger partial charge in [0.25, 0.3) is 11.8 Å². The van der Waals surface area contributed by atoms with Gasteiger partial charge >= 0.3 is 6.09 Å². The lowest BCUT2D eigenvalue weighted by Gasteiger charge is -2.31. The zero-order valence-electron chi connectivity index (χ0n) is 59.9. The SMILES string of the molecule is COc1cc2c(cc1OCCCOc1cc3c(cc1OC)C(=O)N1CC4(CC4)C[C@H]1C(O)N3C(=O)OCc1ccc(NC(=O)[C@H](C)NC(=O)[C@@H](NC(=O)CNC(=O)CNC(=O)CCC(=O)N3Cc4ccccc4-c4c(nnn4C(C)C)-c4ccccc43)C(C)C)cc1)NC[C@@H]1CC(c3ccsc3)=CN1C2=O. The summed E-state index contributed by atoms with van der Waals surface area (Å²) in [5.41, 5.74) is 8.78. The number of aliphatic hydroxyl groups excluding tert-OH is 1. The molecule has 13 rings (SSSR count). The first-order valence-corrected chi connectivity index (χ1v) is 36.4. The van der Waals surface area contributed by atoms with Crippen LogP contribution in [0.2, 0.25) is 0 Å². The van der Waals surface area contributed by atoms with Crippen molar-refractivity contribution in [3.8, 4) is 45.5 Å². The van der Waals surface area contributed by atoms with Crippen molar-refractivity contribution in [1.82, 2.24) is 46.1 Å². The van der Waals surface area contributed by atoms with Crippen LogP contribution in [0.4, 0.5) is 27.5 Å². The predicted molar refractivity (Wildman–Crippen MR) is 394 cm³/mol. The number of nitrogens with one attached hydrogen (secondary N) is 6. The van der Waals surface area contributed by atoms with Gasteiger partial charge in [-0.15, -0.1) is 5.10 Å². The molecule has 9 amide bonds. The molecule has 1 unspecified atom stereocenters. The Hall–Kier alpha value is -11.3. The van der Waals surface area contributed by atoms with Gasteiger partial charge < -0.3 is 75.4 Å². The first-order valence-electron chi connectivity index (χ1n) is 35.5. The zero-order chi connectivity index (χ0) is 74.7. The summed E-state index contributed by atoms with van der Waals surface area (Å²) in [7, 11) is 2.95. The van der Waals surface area contributed by atoms with Crippen LogP contribution in [0.1, 0.15) is 123 Å². The summed E-state index contributed by atoms with van der Waals surface area (Å²) in [5.74, 6) is -3.27. The summed E-state index contributed by atoms with van der Waals surface area (Å²) < 4.78 is 31.7. The van der Waals surface area contributed by atoms with Crippen molar-refractivity contribution in [3.63, 3.8) is 0 Å². The van der Waals surface area contributed by atoms with Gasteiger partial charge in [-0.3, -0.25) is 38.4 Å². The number of aliphatic hydroxyl groups is 1. The average molecular weight is 1460 g/mol. The Morgan fingerprint density at radius 1 is 0.736 bits per heavy atom. The second-order valence-electron chi connectivity index (χ2n) is 28.0. The van der Waals surface area contributed by atoms with Gasteiger partial charge in [0, 0.05) is 73.5 Å². The summed E-state index contributed by atoms with van der Waals surface area (Å²) >= 11 is 1.61. The minimum atomic E-state index is -1.50. The van der Waals surface area contributed by atoms with E-state index < -0.39 is 79.0 Å². The van der Waals surface area contributed by atoms with E-state index in [1.54, 1.807) is 76.3 Å². The predicted octanol–water partition coefficient (Wildman–Crippen LogP) is 8.41. The Bertz CT molecular complexity index is 4590. The summed E-state index contributed by atoms with van der Waals surface area (Å²) in [6, 6.07) is 27.1. The van der Waals surface area contributed by atoms with E-state index in [2.05, 4.69) is 53.7 Å². The van der Waals surface area contributed by atoms with Crippen LogP contribution in [-0.4, -0.2) is 167 Å². The molecule has 1 spiro atoms. The van der Waals surface area contributed by atoms with Gasteiger partial charge in [-0.25, -0.2) is 14.4 Å². The van der Waals surface area contributed by atoms with E-state index >= 15 is 0 Å². The molecule has 5 aliphatic heterocycles. The Kier molecular flexibility index (Phi) is 21.5. The van der Waals surface area contributed by atoms with E-state index in [-0.39, 0.29) is 97.2 Å². The summed E-state index contributed by atoms with van der Waals surface area (Å²) in [4.78, 5) is 129. The second kappa shape index (κ2) is 31.2. The van der Waals surface area contributed by atoms with Crippen molar-refractivity contribution in [3.05, 3.63) is 148 Å². The topological polar surface area (TPSA) is 336 Å². The monoisotopic (exact) mass is 1460 g/mol. The van der Waals surface area contributed by atoms with Gasteiger partial charge in [-0.1, -0.05) is 73.7 Å². The quantitative estimate of drug-likeness (QED) is 0.0264. The smallest absolute Gasteiger partial charge is 0.416 e. The fraction of sp³-hybridized carbons (Fsp3) is 0.390. The van der Waals surface area contributed by atoms with E-state index in [1.807, 2.05) is 78.6 Å². The van der Waals surface area contributed by atoms with Crippen molar-refractivity contribution in [2.75, 3.05) is 74.0 Å². The first kappa shape index (κ1) is 73.0. The molecular weight excluding hydrogens is 1380 g/mol. The third-order valence-corrected chi connectivity index (χ3v) is 20.8. The van der Waals surface area contributed by atoms with Crippen molar-refractivity contribution in [2.45, 2.75) is 129 Å². The molecule has 6 aliphatic rings. The fourth-order valence-electron chi connectivity index (χ4n) is 14.2. The molecule has 0 bridgehead atoms. The maximum Gasteiger partial charge on any atom is 0.416 e. The van der Waals surface area contributed by atoms with Crippen LogP contribution >= 0.6 is 11.3 Å². The highest BCUT2D eigenvalue weighted by Crippen LogP contribution is 2.57. The number of rotatable bonds is 25. The number of carbonyl (C=O) groups excluding carboxylic acids is 9. The molecule has 7 aromatic rings. The van der Waals surface area contributed by atoms with Crippen molar-refractivity contribution >= 4 is 93.0 Å². The Labute approximate surface area is 616 Å². The van der Waals surface area contributed by atoms with E-state index in [0.29, 0.717) is 71.3 Å². The molecule has 2 aromatic heterocycles. The van der Waals surface area contributed by atoms with Gasteiger partial charge in [-0.2, -0.15) is 11.3 Å². The van der Waals surface area contributed by atoms with Gasteiger partial charge in [0.2, 0.25) is 35.4 Å². The minimum Gasteiger partial charge on any atom is -0.493 e. The van der Waals surface area contributed by atoms with E-state index in [0.717, 1.165) is 57.7 Å². The van der Waals surface area contributed by atoms with E-state index in [4.69, 9.17) is 23.7 Å². The molecule has 7 heterocycles. The van der Waals surface area contributed by atoms with Gasteiger partial charge in [-0.05, 0) is 127 Å². The number of para-hydroxylation sites is 1. The standard InChI is InChI=1S/C77H85N13O15S/c1-43(2)68(83-66(93)37-80-65(92)36-79-64(91)21-22-67(94)87-38-47-13-8-9-14-52(47)70-69(84-85-90(70)44(3)4)53-15-10-11-16-57(53)87)72(96)81-45(5)71(95)82-50-19-17-46(18-20-50)40-105-76(100)89-58-33-63(61(102-7)31-55(58)74(98)88-42-77(24-25-77)34-59(88)75(89)99)104-27-12-26-103-62-32-56-54(30-60(62)101-6)73(97)86-39-49(29-51(86)35-78-56)48-23-28-106-41-48/h8-11,13-20,23,28,30-33,39,41,43-45,51,59,68,75,78,99H,12,21-22,24-27,29,34-38,40,42H2,1-7H3,(H,79,91)(H,80,92)(H,81,96)(H,82,95)(H,83,93)/t45-,51-,59-,68-,75?/m0/s1. The normalized spacial score (nSPS) is 17.7. The van der Waals surface area contributed by atoms with Crippen LogP contribution in [0.3, 0.4) is 0 Å². The molecule has 1 saturated heterocycles. The van der Waals surface area contributed by atoms with Gasteiger partial charge in [0.15, 0.2) is 29.2 Å². The molecular formula is C77H85N13O15S. The third-order valence-electron chi connectivity index (χ3n) is 20.1. The molecule has 106 heavy (non-hydrogen) atoms. The molecule has 554 valence electrons. The number of methoxy groups -OCH3 is 2. The van der Waals surface area contributed by atoms with Crippen LogP contribution in [-0.2, 0) is 46.7 Å². The molecule has 7 N–H and O–H groups in total. The van der Waals surface area contributed by atoms with Crippen molar-refractivity contribution in [2.24, 2.45) is 11.3 Å². The highest BCUT2D eigenvalue weighted by molar-refractivity contribution is 7.08. The van der Waals surface area contributed by atoms with Gasteiger partial charge in [0.05, 0.1) is 93.0 Å². The molecule has 5 aromatic carbocycles. The molecule has 2 fully saturated rings. The largest absolute Gasteiger partial charge is 0.493 e. The highest BCUT2D eigenvalue weighted by Gasteiger charge is 2.58. The maximum absolute atomic E-state index is 14.5. The second-order valence-corrected chi connectivity index (χ2v) is 28.8. The van der Waals surface area contributed by atoms with E-state index in [1.165, 1.54) is 33.3 Å².